The largest absolute Gasteiger partial charge is 0.395 e. The number of amides is 2. The SMILES string of the molecule is CCCN(CCC)C(=O)c1cc(C)cc(C(=O)N[C@@H](Cc2cc(F)cc(F)c2)C(O)CNCCO)c1. The Morgan fingerprint density at radius 3 is 2.17 bits per heavy atom. The van der Waals surface area contributed by atoms with E-state index < -0.39 is 29.7 Å². The number of rotatable bonds is 14. The molecule has 0 aliphatic heterocycles. The summed E-state index contributed by atoms with van der Waals surface area (Å²) in [7, 11) is 0. The Balaban J connectivity index is 2.29. The molecule has 1 unspecified atom stereocenters. The second-order valence-electron chi connectivity index (χ2n) is 8.94. The number of aryl methyl sites for hydroxylation is 1. The van der Waals surface area contributed by atoms with Crippen LogP contribution in [0, 0.1) is 18.6 Å². The van der Waals surface area contributed by atoms with Crippen LogP contribution in [0.15, 0.2) is 36.4 Å². The molecule has 2 amide bonds. The molecule has 7 nitrogen and oxygen atoms in total. The summed E-state index contributed by atoms with van der Waals surface area (Å²) >= 11 is 0. The highest BCUT2D eigenvalue weighted by Gasteiger charge is 2.24. The van der Waals surface area contributed by atoms with Gasteiger partial charge in [-0.3, -0.25) is 9.59 Å². The smallest absolute Gasteiger partial charge is 0.253 e. The minimum atomic E-state index is -1.11. The molecule has 0 heterocycles. The number of hydrogen-bond donors (Lipinski definition) is 4. The van der Waals surface area contributed by atoms with E-state index >= 15 is 0 Å². The first kappa shape index (κ1) is 29.4. The summed E-state index contributed by atoms with van der Waals surface area (Å²) < 4.78 is 27.5. The third kappa shape index (κ3) is 8.96. The summed E-state index contributed by atoms with van der Waals surface area (Å²) in [4.78, 5) is 28.1. The highest BCUT2D eigenvalue weighted by atomic mass is 19.1. The molecule has 0 radical (unpaired) electrons. The van der Waals surface area contributed by atoms with Gasteiger partial charge in [-0.2, -0.15) is 0 Å². The number of hydrogen-bond acceptors (Lipinski definition) is 5. The number of aliphatic hydroxyl groups is 2. The van der Waals surface area contributed by atoms with Crippen molar-refractivity contribution >= 4 is 11.8 Å². The average molecular weight is 506 g/mol. The van der Waals surface area contributed by atoms with Crippen LogP contribution in [0.25, 0.3) is 0 Å². The molecule has 4 N–H and O–H groups in total. The third-order valence-electron chi connectivity index (χ3n) is 5.66. The molecular formula is C27H37F2N3O4. The van der Waals surface area contributed by atoms with Crippen LogP contribution in [-0.2, 0) is 6.42 Å². The Morgan fingerprint density at radius 1 is 0.972 bits per heavy atom. The molecule has 0 aliphatic carbocycles. The Hall–Kier alpha value is -2.88. The quantitative estimate of drug-likeness (QED) is 0.296. The van der Waals surface area contributed by atoms with Crippen molar-refractivity contribution in [3.05, 3.63) is 70.3 Å². The number of aliphatic hydroxyl groups excluding tert-OH is 2. The lowest BCUT2D eigenvalue weighted by Gasteiger charge is -2.25. The highest BCUT2D eigenvalue weighted by molar-refractivity contribution is 6.00. The van der Waals surface area contributed by atoms with Gasteiger partial charge in [-0.05, 0) is 67.6 Å². The van der Waals surface area contributed by atoms with Crippen LogP contribution in [0.4, 0.5) is 8.78 Å². The molecular weight excluding hydrogens is 468 g/mol. The fourth-order valence-corrected chi connectivity index (χ4v) is 4.06. The lowest BCUT2D eigenvalue weighted by Crippen LogP contribution is -2.49. The number of carbonyl (C=O) groups is 2. The molecule has 0 fully saturated rings. The predicted molar refractivity (Wildman–Crippen MR) is 135 cm³/mol. The van der Waals surface area contributed by atoms with Crippen molar-refractivity contribution in [2.75, 3.05) is 32.8 Å². The van der Waals surface area contributed by atoms with Crippen LogP contribution < -0.4 is 10.6 Å². The molecule has 0 aromatic heterocycles. The number of carbonyl (C=O) groups excluding carboxylic acids is 2. The van der Waals surface area contributed by atoms with Gasteiger partial charge in [0.2, 0.25) is 0 Å². The lowest BCUT2D eigenvalue weighted by molar-refractivity contribution is 0.0755. The molecule has 36 heavy (non-hydrogen) atoms. The maximum atomic E-state index is 13.7. The number of benzene rings is 2. The van der Waals surface area contributed by atoms with Gasteiger partial charge in [0.25, 0.3) is 11.8 Å². The monoisotopic (exact) mass is 505 g/mol. The molecule has 0 spiro atoms. The Morgan fingerprint density at radius 2 is 1.58 bits per heavy atom. The normalized spacial score (nSPS) is 12.8. The minimum absolute atomic E-state index is 0.0270. The topological polar surface area (TPSA) is 102 Å². The predicted octanol–water partition coefficient (Wildman–Crippen LogP) is 2.82. The number of nitrogens with zero attached hydrogens (tertiary/aromatic N) is 1. The molecule has 198 valence electrons. The molecule has 2 aromatic rings. The van der Waals surface area contributed by atoms with Gasteiger partial charge in [0.15, 0.2) is 0 Å². The maximum absolute atomic E-state index is 13.7. The average Bonchev–Trinajstić information content (AvgIpc) is 2.82. The summed E-state index contributed by atoms with van der Waals surface area (Å²) in [6, 6.07) is 7.07. The molecule has 0 aliphatic rings. The standard InChI is InChI=1S/C27H37F2N3O4/c1-4-7-32(8-5-2)27(36)21-11-18(3)10-20(15-21)26(35)31-24(25(34)17-30-6-9-33)14-19-12-22(28)16-23(29)13-19/h10-13,15-16,24-25,30,33-34H,4-9,14,17H2,1-3H3,(H,31,35)/t24-,25?/m0/s1. The first-order chi connectivity index (χ1) is 17.2. The van der Waals surface area contributed by atoms with Crippen LogP contribution in [-0.4, -0.2) is 71.9 Å². The Labute approximate surface area is 211 Å². The van der Waals surface area contributed by atoms with E-state index in [1.807, 2.05) is 13.8 Å². The zero-order valence-corrected chi connectivity index (χ0v) is 21.2. The van der Waals surface area contributed by atoms with Gasteiger partial charge in [0.05, 0.1) is 18.8 Å². The van der Waals surface area contributed by atoms with E-state index in [0.717, 1.165) is 36.6 Å². The van der Waals surface area contributed by atoms with Crippen molar-refractivity contribution in [2.45, 2.75) is 52.2 Å². The van der Waals surface area contributed by atoms with Crippen LogP contribution in [0.2, 0.25) is 0 Å². The zero-order chi connectivity index (χ0) is 26.7. The zero-order valence-electron chi connectivity index (χ0n) is 21.2. The Bertz CT molecular complexity index is 992. The summed E-state index contributed by atoms with van der Waals surface area (Å²) in [5.41, 5.74) is 1.65. The minimum Gasteiger partial charge on any atom is -0.395 e. The molecule has 9 heteroatoms. The van der Waals surface area contributed by atoms with E-state index in [4.69, 9.17) is 5.11 Å². The van der Waals surface area contributed by atoms with Gasteiger partial charge in [0.1, 0.15) is 11.6 Å². The summed E-state index contributed by atoms with van der Waals surface area (Å²) in [5, 5.41) is 25.3. The van der Waals surface area contributed by atoms with Gasteiger partial charge in [-0.25, -0.2) is 8.78 Å². The fourth-order valence-electron chi connectivity index (χ4n) is 4.06. The van der Waals surface area contributed by atoms with Crippen molar-refractivity contribution in [3.8, 4) is 0 Å². The maximum Gasteiger partial charge on any atom is 0.253 e. The number of halogens is 2. The van der Waals surface area contributed by atoms with E-state index in [1.54, 1.807) is 24.0 Å². The molecule has 2 rings (SSSR count). The van der Waals surface area contributed by atoms with E-state index in [9.17, 15) is 23.5 Å². The van der Waals surface area contributed by atoms with Gasteiger partial charge >= 0.3 is 0 Å². The van der Waals surface area contributed by atoms with Crippen LogP contribution >= 0.6 is 0 Å². The van der Waals surface area contributed by atoms with Crippen LogP contribution in [0.1, 0.15) is 58.5 Å². The van der Waals surface area contributed by atoms with Gasteiger partial charge in [-0.1, -0.05) is 13.8 Å². The van der Waals surface area contributed by atoms with E-state index in [2.05, 4.69) is 10.6 Å². The van der Waals surface area contributed by atoms with Crippen molar-refractivity contribution < 1.29 is 28.6 Å². The second-order valence-corrected chi connectivity index (χ2v) is 8.94. The molecule has 0 saturated heterocycles. The van der Waals surface area contributed by atoms with E-state index in [0.29, 0.717) is 18.7 Å². The lowest BCUT2D eigenvalue weighted by atomic mass is 9.99. The molecule has 0 bridgehead atoms. The summed E-state index contributed by atoms with van der Waals surface area (Å²) in [6.07, 6.45) is 0.494. The third-order valence-corrected chi connectivity index (χ3v) is 5.66. The molecule has 2 atom stereocenters. The fraction of sp³-hybridized carbons (Fsp3) is 0.481. The van der Waals surface area contributed by atoms with Gasteiger partial charge in [-0.15, -0.1) is 0 Å². The van der Waals surface area contributed by atoms with Crippen molar-refractivity contribution in [1.29, 1.82) is 0 Å². The summed E-state index contributed by atoms with van der Waals surface area (Å²) in [6.45, 7) is 7.16. The summed E-state index contributed by atoms with van der Waals surface area (Å²) in [5.74, 6) is -2.19. The highest BCUT2D eigenvalue weighted by Crippen LogP contribution is 2.16. The first-order valence-corrected chi connectivity index (χ1v) is 12.3. The van der Waals surface area contributed by atoms with Crippen molar-refractivity contribution in [2.24, 2.45) is 0 Å². The van der Waals surface area contributed by atoms with Crippen molar-refractivity contribution in [3.63, 3.8) is 0 Å². The van der Waals surface area contributed by atoms with Crippen molar-refractivity contribution in [1.82, 2.24) is 15.5 Å². The van der Waals surface area contributed by atoms with E-state index in [1.165, 1.54) is 6.07 Å². The second kappa shape index (κ2) is 14.6. The molecule has 0 saturated carbocycles. The van der Waals surface area contributed by atoms with Gasteiger partial charge < -0.3 is 25.7 Å². The Kier molecular flexibility index (Phi) is 11.9. The van der Waals surface area contributed by atoms with Crippen LogP contribution in [0.5, 0.6) is 0 Å². The van der Waals surface area contributed by atoms with Crippen LogP contribution in [0.3, 0.4) is 0 Å². The number of nitrogens with one attached hydrogen (secondary N) is 2. The first-order valence-electron chi connectivity index (χ1n) is 12.3. The van der Waals surface area contributed by atoms with Gasteiger partial charge in [0, 0.05) is 43.4 Å². The molecule has 2 aromatic carbocycles. The van der Waals surface area contributed by atoms with E-state index in [-0.39, 0.29) is 43.2 Å².